The van der Waals surface area contributed by atoms with E-state index in [-0.39, 0.29) is 0 Å². The van der Waals surface area contributed by atoms with Crippen molar-refractivity contribution in [2.24, 2.45) is 0 Å². The second kappa shape index (κ2) is 3.37. The Morgan fingerprint density at radius 2 is 2.00 bits per heavy atom. The molecule has 0 saturated heterocycles. The molecule has 0 saturated carbocycles. The zero-order valence-electron chi connectivity index (χ0n) is 6.44. The van der Waals surface area contributed by atoms with Crippen molar-refractivity contribution in [3.63, 3.8) is 0 Å². The smallest absolute Gasteiger partial charge is 0.0785 e. The summed E-state index contributed by atoms with van der Waals surface area (Å²) >= 11 is 11.5. The molecule has 0 unspecified atom stereocenters. The predicted octanol–water partition coefficient (Wildman–Crippen LogP) is 2.38. The number of hydrogen-bond acceptors (Lipinski definition) is 2. The van der Waals surface area contributed by atoms with Crippen molar-refractivity contribution >= 4 is 23.2 Å². The van der Waals surface area contributed by atoms with Gasteiger partial charge in [0.2, 0.25) is 0 Å². The molecule has 1 rings (SSSR count). The molecule has 0 fully saturated rings. The summed E-state index contributed by atoms with van der Waals surface area (Å²) in [6, 6.07) is 0.366. The molecule has 0 spiro atoms. The van der Waals surface area contributed by atoms with Crippen LogP contribution in [0.2, 0.25) is 0 Å². The van der Waals surface area contributed by atoms with Gasteiger partial charge in [0, 0.05) is 18.4 Å². The van der Waals surface area contributed by atoms with Gasteiger partial charge in [-0.3, -0.25) is 5.01 Å². The minimum atomic E-state index is 0.366. The lowest BCUT2D eigenvalue weighted by Crippen LogP contribution is -2.37. The summed E-state index contributed by atoms with van der Waals surface area (Å²) < 4.78 is 0. The summed E-state index contributed by atoms with van der Waals surface area (Å²) in [6.07, 6.45) is 3.44. The molecule has 0 aromatic heterocycles. The average Bonchev–Trinajstić information content (AvgIpc) is 1.94. The van der Waals surface area contributed by atoms with Gasteiger partial charge in [0.25, 0.3) is 0 Å². The third-order valence-corrected chi connectivity index (χ3v) is 2.09. The second-order valence-corrected chi connectivity index (χ2v) is 3.41. The SMILES string of the molecule is CC(C)N1C=C(Cl)C(Cl)=CN1. The number of rotatable bonds is 1. The molecule has 4 heteroatoms. The van der Waals surface area contributed by atoms with Crippen LogP contribution in [0.15, 0.2) is 22.5 Å². The van der Waals surface area contributed by atoms with Gasteiger partial charge in [-0.15, -0.1) is 0 Å². The molecule has 1 aliphatic rings. The van der Waals surface area contributed by atoms with E-state index in [1.54, 1.807) is 12.4 Å². The average molecular weight is 193 g/mol. The van der Waals surface area contributed by atoms with Gasteiger partial charge in [0.05, 0.1) is 10.1 Å². The molecule has 1 heterocycles. The van der Waals surface area contributed by atoms with Gasteiger partial charge in [-0.1, -0.05) is 23.2 Å². The Bertz CT molecular complexity index is 208. The topological polar surface area (TPSA) is 15.3 Å². The van der Waals surface area contributed by atoms with Crippen molar-refractivity contribution in [1.29, 1.82) is 0 Å². The number of nitrogens with zero attached hydrogens (tertiary/aromatic N) is 1. The van der Waals surface area contributed by atoms with Crippen LogP contribution in [0.4, 0.5) is 0 Å². The number of halogens is 2. The fourth-order valence-electron chi connectivity index (χ4n) is 0.719. The molecule has 0 bridgehead atoms. The maximum absolute atomic E-state index is 5.79. The first-order chi connectivity index (χ1) is 5.11. The summed E-state index contributed by atoms with van der Waals surface area (Å²) in [5.74, 6) is 0. The highest BCUT2D eigenvalue weighted by Gasteiger charge is 2.10. The number of hydrogen-bond donors (Lipinski definition) is 1. The Kier molecular flexibility index (Phi) is 2.68. The third kappa shape index (κ3) is 2.04. The summed E-state index contributed by atoms with van der Waals surface area (Å²) in [6.45, 7) is 4.11. The molecule has 1 N–H and O–H groups in total. The lowest BCUT2D eigenvalue weighted by molar-refractivity contribution is 0.253. The Hall–Kier alpha value is -0.340. The van der Waals surface area contributed by atoms with Crippen LogP contribution in [0, 0.1) is 0 Å². The molecular weight excluding hydrogens is 183 g/mol. The highest BCUT2D eigenvalue weighted by Crippen LogP contribution is 2.21. The van der Waals surface area contributed by atoms with Crippen molar-refractivity contribution < 1.29 is 0 Å². The standard InChI is InChI=1S/C7H10Cl2N2/c1-5(2)11-4-7(9)6(8)3-10-11/h3-5,10H,1-2H3. The third-order valence-electron chi connectivity index (χ3n) is 1.38. The number of hydrazine groups is 1. The highest BCUT2D eigenvalue weighted by molar-refractivity contribution is 6.43. The van der Waals surface area contributed by atoms with Crippen molar-refractivity contribution in [2.45, 2.75) is 19.9 Å². The van der Waals surface area contributed by atoms with Crippen LogP contribution in [0.3, 0.4) is 0 Å². The molecule has 0 atom stereocenters. The van der Waals surface area contributed by atoms with Crippen molar-refractivity contribution in [2.75, 3.05) is 0 Å². The molecule has 11 heavy (non-hydrogen) atoms. The molecule has 0 radical (unpaired) electrons. The second-order valence-electron chi connectivity index (χ2n) is 2.60. The molecule has 0 amide bonds. The van der Waals surface area contributed by atoms with Gasteiger partial charge in [-0.25, -0.2) is 0 Å². The molecule has 2 nitrogen and oxygen atoms in total. The van der Waals surface area contributed by atoms with E-state index in [1.165, 1.54) is 0 Å². The zero-order valence-corrected chi connectivity index (χ0v) is 7.95. The van der Waals surface area contributed by atoms with E-state index in [0.29, 0.717) is 16.1 Å². The van der Waals surface area contributed by atoms with Gasteiger partial charge in [0.15, 0.2) is 0 Å². The van der Waals surface area contributed by atoms with Crippen LogP contribution in [-0.2, 0) is 0 Å². The molecule has 1 aliphatic heterocycles. The van der Waals surface area contributed by atoms with E-state index < -0.39 is 0 Å². The van der Waals surface area contributed by atoms with Gasteiger partial charge >= 0.3 is 0 Å². The van der Waals surface area contributed by atoms with Crippen molar-refractivity contribution in [3.8, 4) is 0 Å². The van der Waals surface area contributed by atoms with E-state index in [4.69, 9.17) is 23.2 Å². The molecule has 0 aliphatic carbocycles. The van der Waals surface area contributed by atoms with Crippen molar-refractivity contribution in [1.82, 2.24) is 10.4 Å². The first kappa shape index (κ1) is 8.75. The van der Waals surface area contributed by atoms with E-state index in [2.05, 4.69) is 19.3 Å². The fraction of sp³-hybridized carbons (Fsp3) is 0.429. The van der Waals surface area contributed by atoms with Crippen LogP contribution in [0.5, 0.6) is 0 Å². The van der Waals surface area contributed by atoms with E-state index in [9.17, 15) is 0 Å². The van der Waals surface area contributed by atoms with Gasteiger partial charge < -0.3 is 5.43 Å². The molecule has 62 valence electrons. The highest BCUT2D eigenvalue weighted by atomic mass is 35.5. The summed E-state index contributed by atoms with van der Waals surface area (Å²) in [5.41, 5.74) is 2.98. The summed E-state index contributed by atoms with van der Waals surface area (Å²) in [4.78, 5) is 0. The first-order valence-electron chi connectivity index (χ1n) is 3.39. The van der Waals surface area contributed by atoms with Crippen LogP contribution in [-0.4, -0.2) is 11.1 Å². The maximum Gasteiger partial charge on any atom is 0.0785 e. The van der Waals surface area contributed by atoms with E-state index in [1.807, 2.05) is 5.01 Å². The maximum atomic E-state index is 5.79. The van der Waals surface area contributed by atoms with Crippen LogP contribution in [0.1, 0.15) is 13.8 Å². The minimum absolute atomic E-state index is 0.366. The lowest BCUT2D eigenvalue weighted by Gasteiger charge is -2.27. The van der Waals surface area contributed by atoms with Gasteiger partial charge in [0.1, 0.15) is 0 Å². The lowest BCUT2D eigenvalue weighted by atomic mass is 10.3. The minimum Gasteiger partial charge on any atom is -0.304 e. The summed E-state index contributed by atoms with van der Waals surface area (Å²) in [5, 5.41) is 3.00. The zero-order chi connectivity index (χ0) is 8.43. The first-order valence-corrected chi connectivity index (χ1v) is 4.14. The Morgan fingerprint density at radius 1 is 1.36 bits per heavy atom. The van der Waals surface area contributed by atoms with Crippen LogP contribution < -0.4 is 5.43 Å². The van der Waals surface area contributed by atoms with Crippen LogP contribution >= 0.6 is 23.2 Å². The Balaban J connectivity index is 2.69. The summed E-state index contributed by atoms with van der Waals surface area (Å²) in [7, 11) is 0. The van der Waals surface area contributed by atoms with Crippen molar-refractivity contribution in [3.05, 3.63) is 22.5 Å². The quantitative estimate of drug-likeness (QED) is 0.687. The van der Waals surface area contributed by atoms with E-state index >= 15 is 0 Å². The van der Waals surface area contributed by atoms with Gasteiger partial charge in [-0.2, -0.15) is 0 Å². The number of nitrogens with one attached hydrogen (secondary N) is 1. The molecule has 0 aromatic carbocycles. The number of allylic oxidation sites excluding steroid dienone is 2. The largest absolute Gasteiger partial charge is 0.304 e. The molecular formula is C7H10Cl2N2. The Morgan fingerprint density at radius 3 is 2.45 bits per heavy atom. The van der Waals surface area contributed by atoms with Gasteiger partial charge in [-0.05, 0) is 13.8 Å². The normalized spacial score (nSPS) is 17.7. The monoisotopic (exact) mass is 192 g/mol. The van der Waals surface area contributed by atoms with Crippen LogP contribution in [0.25, 0.3) is 0 Å². The fourth-order valence-corrected chi connectivity index (χ4v) is 0.977. The Labute approximate surface area is 76.4 Å². The van der Waals surface area contributed by atoms with E-state index in [0.717, 1.165) is 0 Å². The molecule has 0 aromatic rings. The predicted molar refractivity (Wildman–Crippen MR) is 48.0 cm³/mol.